The lowest BCUT2D eigenvalue weighted by molar-refractivity contribution is 0.413. The summed E-state index contributed by atoms with van der Waals surface area (Å²) in [5.41, 5.74) is 4.19. The molecule has 0 aliphatic rings. The van der Waals surface area contributed by atoms with Crippen LogP contribution in [0.15, 0.2) is 90.2 Å². The van der Waals surface area contributed by atoms with E-state index in [4.69, 9.17) is 4.74 Å². The molecule has 0 aliphatic heterocycles. The fourth-order valence-corrected chi connectivity index (χ4v) is 3.66. The number of aromatic nitrogens is 2. The average Bonchev–Trinajstić information content (AvgIpc) is 3.21. The van der Waals surface area contributed by atoms with Crippen LogP contribution in [0.5, 0.6) is 11.5 Å². The van der Waals surface area contributed by atoms with Gasteiger partial charge >= 0.3 is 0 Å². The van der Waals surface area contributed by atoms with Gasteiger partial charge in [0, 0.05) is 11.8 Å². The summed E-state index contributed by atoms with van der Waals surface area (Å²) in [6.45, 7) is 0. The van der Waals surface area contributed by atoms with Gasteiger partial charge in [0.05, 0.1) is 29.5 Å². The van der Waals surface area contributed by atoms with Crippen LogP contribution >= 0.6 is 0 Å². The summed E-state index contributed by atoms with van der Waals surface area (Å²) in [4.78, 5) is 9.13. The summed E-state index contributed by atoms with van der Waals surface area (Å²) >= 11 is 0. The molecule has 0 aliphatic carbocycles. The van der Waals surface area contributed by atoms with Crippen LogP contribution in [-0.2, 0) is 0 Å². The van der Waals surface area contributed by atoms with E-state index in [2.05, 4.69) is 9.98 Å². The van der Waals surface area contributed by atoms with E-state index >= 15 is 0 Å². The van der Waals surface area contributed by atoms with Gasteiger partial charge in [0.1, 0.15) is 17.8 Å². The van der Waals surface area contributed by atoms with Crippen LogP contribution in [0.3, 0.4) is 0 Å². The number of phenolic OH excluding ortho intramolecular Hbond substituents is 1. The highest BCUT2D eigenvalue weighted by Crippen LogP contribution is 2.29. The number of methoxy groups -OCH3 is 1. The number of phenols is 1. The highest BCUT2D eigenvalue weighted by Gasteiger charge is 2.10. The Morgan fingerprint density at radius 3 is 2.70 bits per heavy atom. The van der Waals surface area contributed by atoms with Crippen LogP contribution < -0.4 is 4.74 Å². The number of fused-ring (bicyclic) bond motifs is 2. The Bertz CT molecular complexity index is 1400. The molecule has 0 unspecified atom stereocenters. The van der Waals surface area contributed by atoms with Crippen LogP contribution in [0.1, 0.15) is 5.56 Å². The van der Waals surface area contributed by atoms with E-state index in [-0.39, 0.29) is 5.75 Å². The topological polar surface area (TPSA) is 59.6 Å². The number of imidazole rings is 1. The molecule has 0 saturated heterocycles. The van der Waals surface area contributed by atoms with Gasteiger partial charge in [-0.05, 0) is 47.2 Å². The minimum Gasteiger partial charge on any atom is -0.507 e. The average molecular weight is 393 g/mol. The van der Waals surface area contributed by atoms with Gasteiger partial charge in [0.15, 0.2) is 0 Å². The SMILES string of the molecule is COc1ccccc1-n1cnc2cc(N=Cc3c(O)ccc4ccccc34)ccc21. The van der Waals surface area contributed by atoms with Crippen molar-refractivity contribution in [1.29, 1.82) is 0 Å². The van der Waals surface area contributed by atoms with Crippen molar-refractivity contribution in [3.63, 3.8) is 0 Å². The monoisotopic (exact) mass is 393 g/mol. The van der Waals surface area contributed by atoms with Crippen molar-refractivity contribution in [2.45, 2.75) is 0 Å². The minimum atomic E-state index is 0.207. The molecule has 0 spiro atoms. The number of nitrogens with zero attached hydrogens (tertiary/aromatic N) is 3. The first kappa shape index (κ1) is 17.9. The van der Waals surface area contributed by atoms with Crippen molar-refractivity contribution in [1.82, 2.24) is 9.55 Å². The molecule has 146 valence electrons. The second kappa shape index (κ2) is 7.37. The normalized spacial score (nSPS) is 11.5. The number of aromatic hydroxyl groups is 1. The lowest BCUT2D eigenvalue weighted by Gasteiger charge is -2.09. The van der Waals surface area contributed by atoms with E-state index in [1.807, 2.05) is 77.4 Å². The Kier molecular flexibility index (Phi) is 4.41. The Morgan fingerprint density at radius 2 is 1.80 bits per heavy atom. The molecule has 30 heavy (non-hydrogen) atoms. The molecule has 0 atom stereocenters. The number of ether oxygens (including phenoxy) is 1. The molecular weight excluding hydrogens is 374 g/mol. The Labute approximate surface area is 173 Å². The molecular formula is C25H19N3O2. The zero-order valence-electron chi connectivity index (χ0n) is 16.4. The Balaban J connectivity index is 1.54. The molecule has 0 fully saturated rings. The van der Waals surface area contributed by atoms with E-state index in [1.54, 1.807) is 25.7 Å². The van der Waals surface area contributed by atoms with Crippen LogP contribution in [0.25, 0.3) is 27.5 Å². The highest BCUT2D eigenvalue weighted by molar-refractivity contribution is 6.03. The molecule has 4 aromatic carbocycles. The number of benzene rings is 4. The first-order valence-corrected chi connectivity index (χ1v) is 9.60. The third-order valence-corrected chi connectivity index (χ3v) is 5.17. The van der Waals surface area contributed by atoms with Gasteiger partial charge in [-0.3, -0.25) is 9.56 Å². The van der Waals surface area contributed by atoms with Gasteiger partial charge in [-0.2, -0.15) is 0 Å². The van der Waals surface area contributed by atoms with E-state index in [1.165, 1.54) is 0 Å². The maximum atomic E-state index is 10.3. The smallest absolute Gasteiger partial charge is 0.142 e. The molecule has 5 rings (SSSR count). The summed E-state index contributed by atoms with van der Waals surface area (Å²) in [5, 5.41) is 12.3. The van der Waals surface area contributed by atoms with Crippen LogP contribution in [0.2, 0.25) is 0 Å². The van der Waals surface area contributed by atoms with Crippen molar-refractivity contribution >= 4 is 33.7 Å². The van der Waals surface area contributed by atoms with E-state index in [0.29, 0.717) is 5.56 Å². The van der Waals surface area contributed by atoms with E-state index in [9.17, 15) is 5.11 Å². The summed E-state index contributed by atoms with van der Waals surface area (Å²) < 4.78 is 7.48. The predicted octanol–water partition coefficient (Wildman–Crippen LogP) is 5.64. The quantitative estimate of drug-likeness (QED) is 0.402. The molecule has 0 amide bonds. The first-order valence-electron chi connectivity index (χ1n) is 9.60. The lowest BCUT2D eigenvalue weighted by Crippen LogP contribution is -1.96. The third-order valence-electron chi connectivity index (χ3n) is 5.17. The molecule has 1 N–H and O–H groups in total. The molecule has 0 saturated carbocycles. The molecule has 5 aromatic rings. The van der Waals surface area contributed by atoms with Crippen molar-refractivity contribution in [2.24, 2.45) is 4.99 Å². The molecule has 0 bridgehead atoms. The second-order valence-corrected chi connectivity index (χ2v) is 6.94. The Hall–Kier alpha value is -4.12. The largest absolute Gasteiger partial charge is 0.507 e. The summed E-state index contributed by atoms with van der Waals surface area (Å²) in [5.74, 6) is 0.990. The molecule has 5 nitrogen and oxygen atoms in total. The second-order valence-electron chi connectivity index (χ2n) is 6.94. The number of hydrogen-bond acceptors (Lipinski definition) is 4. The van der Waals surface area contributed by atoms with Crippen LogP contribution in [0.4, 0.5) is 5.69 Å². The molecule has 5 heteroatoms. The van der Waals surface area contributed by atoms with Gasteiger partial charge in [-0.25, -0.2) is 4.98 Å². The van der Waals surface area contributed by atoms with Crippen molar-refractivity contribution < 1.29 is 9.84 Å². The molecule has 1 aromatic heterocycles. The fraction of sp³-hybridized carbons (Fsp3) is 0.0400. The molecule has 1 heterocycles. The maximum absolute atomic E-state index is 10.3. The number of para-hydroxylation sites is 2. The van der Waals surface area contributed by atoms with Crippen molar-refractivity contribution in [2.75, 3.05) is 7.11 Å². The third kappa shape index (κ3) is 3.06. The van der Waals surface area contributed by atoms with Crippen molar-refractivity contribution in [3.8, 4) is 17.2 Å². The van der Waals surface area contributed by atoms with Gasteiger partial charge in [-0.15, -0.1) is 0 Å². The summed E-state index contributed by atoms with van der Waals surface area (Å²) in [6, 6.07) is 25.2. The zero-order valence-corrected chi connectivity index (χ0v) is 16.4. The highest BCUT2D eigenvalue weighted by atomic mass is 16.5. The van der Waals surface area contributed by atoms with Gasteiger partial charge in [-0.1, -0.05) is 42.5 Å². The number of rotatable bonds is 4. The summed E-state index contributed by atoms with van der Waals surface area (Å²) in [7, 11) is 1.66. The number of aliphatic imine (C=N–C) groups is 1. The van der Waals surface area contributed by atoms with E-state index in [0.717, 1.165) is 38.9 Å². The van der Waals surface area contributed by atoms with E-state index < -0.39 is 0 Å². The standard InChI is InChI=1S/C25H19N3O2/c1-30-25-9-5-4-8-23(25)28-16-27-21-14-18(11-12-22(21)28)26-15-20-19-7-3-2-6-17(19)10-13-24(20)29/h2-16,29H,1H3. The summed E-state index contributed by atoms with van der Waals surface area (Å²) in [6.07, 6.45) is 3.49. The Morgan fingerprint density at radius 1 is 0.967 bits per heavy atom. The van der Waals surface area contributed by atoms with Gasteiger partial charge in [0.2, 0.25) is 0 Å². The van der Waals surface area contributed by atoms with Gasteiger partial charge in [0.25, 0.3) is 0 Å². The maximum Gasteiger partial charge on any atom is 0.142 e. The van der Waals surface area contributed by atoms with Crippen molar-refractivity contribution in [3.05, 3.63) is 90.8 Å². The first-order chi connectivity index (χ1) is 14.7. The number of hydrogen-bond donors (Lipinski definition) is 1. The predicted molar refractivity (Wildman–Crippen MR) is 120 cm³/mol. The lowest BCUT2D eigenvalue weighted by atomic mass is 10.0. The van der Waals surface area contributed by atoms with Gasteiger partial charge < -0.3 is 9.84 Å². The minimum absolute atomic E-state index is 0.207. The zero-order chi connectivity index (χ0) is 20.5. The van der Waals surface area contributed by atoms with Crippen LogP contribution in [0, 0.1) is 0 Å². The molecule has 0 radical (unpaired) electrons. The van der Waals surface area contributed by atoms with Crippen LogP contribution in [-0.4, -0.2) is 28.0 Å². The fourth-order valence-electron chi connectivity index (χ4n) is 3.66.